The Morgan fingerprint density at radius 1 is 1.82 bits per heavy atom. The van der Waals surface area contributed by atoms with E-state index in [0.717, 1.165) is 6.42 Å². The van der Waals surface area contributed by atoms with Gasteiger partial charge in [0.2, 0.25) is 0 Å². The van der Waals surface area contributed by atoms with Crippen LogP contribution in [-0.4, -0.2) is 23.7 Å². The Balaban J connectivity index is 3.68. The number of carboxylic acids is 1. The summed E-state index contributed by atoms with van der Waals surface area (Å²) in [6, 6.07) is -0.419. The van der Waals surface area contributed by atoms with Crippen molar-refractivity contribution in [3.05, 3.63) is 12.7 Å². The zero-order valence-corrected chi connectivity index (χ0v) is 6.84. The van der Waals surface area contributed by atoms with Crippen molar-refractivity contribution in [3.8, 4) is 0 Å². The van der Waals surface area contributed by atoms with Crippen molar-refractivity contribution >= 4 is 5.97 Å². The molecule has 0 aromatic carbocycles. The van der Waals surface area contributed by atoms with Gasteiger partial charge in [0.25, 0.3) is 0 Å². The zero-order valence-electron chi connectivity index (χ0n) is 6.84. The molecule has 0 fully saturated rings. The lowest BCUT2D eigenvalue weighted by Gasteiger charge is -2.10. The van der Waals surface area contributed by atoms with Crippen molar-refractivity contribution in [2.45, 2.75) is 25.8 Å². The number of carbonyl (C=O) groups is 1. The van der Waals surface area contributed by atoms with E-state index in [0.29, 0.717) is 13.0 Å². The first-order valence-corrected chi connectivity index (χ1v) is 3.79. The van der Waals surface area contributed by atoms with Crippen LogP contribution >= 0.6 is 0 Å². The Labute approximate surface area is 67.1 Å². The molecule has 0 aliphatic rings. The second-order valence-electron chi connectivity index (χ2n) is 2.38. The predicted octanol–water partition coefficient (Wildman–Crippen LogP) is 1.02. The molecule has 0 rings (SSSR count). The van der Waals surface area contributed by atoms with Crippen LogP contribution in [0, 0.1) is 0 Å². The van der Waals surface area contributed by atoms with Gasteiger partial charge in [-0.15, -0.1) is 6.58 Å². The molecule has 1 unspecified atom stereocenters. The summed E-state index contributed by atoms with van der Waals surface area (Å²) in [7, 11) is 0. The molecule has 3 nitrogen and oxygen atoms in total. The van der Waals surface area contributed by atoms with E-state index in [1.54, 1.807) is 6.08 Å². The molecule has 0 saturated carbocycles. The van der Waals surface area contributed by atoms with Gasteiger partial charge in [-0.2, -0.15) is 0 Å². The number of nitrogens with one attached hydrogen (secondary N) is 1. The quantitative estimate of drug-likeness (QED) is 0.566. The van der Waals surface area contributed by atoms with Crippen LogP contribution in [0.25, 0.3) is 0 Å². The van der Waals surface area contributed by atoms with E-state index in [1.807, 2.05) is 6.92 Å². The molecule has 0 aromatic heterocycles. The summed E-state index contributed by atoms with van der Waals surface area (Å²) in [4.78, 5) is 10.5. The minimum atomic E-state index is -0.784. The lowest BCUT2D eigenvalue weighted by molar-refractivity contribution is -0.139. The summed E-state index contributed by atoms with van der Waals surface area (Å²) in [5, 5.41) is 11.5. The van der Waals surface area contributed by atoms with Gasteiger partial charge < -0.3 is 10.4 Å². The van der Waals surface area contributed by atoms with Crippen LogP contribution in [0.4, 0.5) is 0 Å². The van der Waals surface area contributed by atoms with Crippen LogP contribution < -0.4 is 5.32 Å². The highest BCUT2D eigenvalue weighted by molar-refractivity contribution is 5.73. The first kappa shape index (κ1) is 10.2. The van der Waals surface area contributed by atoms with Crippen LogP contribution in [0.2, 0.25) is 0 Å². The third-order valence-electron chi connectivity index (χ3n) is 1.38. The first-order chi connectivity index (χ1) is 5.22. The summed E-state index contributed by atoms with van der Waals surface area (Å²) in [6.45, 7) is 6.01. The lowest BCUT2D eigenvalue weighted by Crippen LogP contribution is -2.36. The Bertz CT molecular complexity index is 134. The third kappa shape index (κ3) is 4.56. The fourth-order valence-corrected chi connectivity index (χ4v) is 0.827. The Kier molecular flexibility index (Phi) is 5.47. The average molecular weight is 157 g/mol. The fraction of sp³-hybridized carbons (Fsp3) is 0.625. The maximum atomic E-state index is 10.5. The van der Waals surface area contributed by atoms with Crippen LogP contribution in [0.3, 0.4) is 0 Å². The predicted molar refractivity (Wildman–Crippen MR) is 44.5 cm³/mol. The van der Waals surface area contributed by atoms with Crippen molar-refractivity contribution in [2.75, 3.05) is 6.54 Å². The number of hydrogen-bond donors (Lipinski definition) is 2. The molecule has 0 radical (unpaired) electrons. The number of hydrogen-bond acceptors (Lipinski definition) is 2. The molecular formula is C8H15NO2. The molecule has 0 saturated heterocycles. The van der Waals surface area contributed by atoms with Crippen molar-refractivity contribution in [2.24, 2.45) is 0 Å². The maximum Gasteiger partial charge on any atom is 0.320 e. The number of rotatable bonds is 6. The van der Waals surface area contributed by atoms with Crippen LogP contribution in [-0.2, 0) is 4.79 Å². The van der Waals surface area contributed by atoms with E-state index in [1.165, 1.54) is 0 Å². The Morgan fingerprint density at radius 2 is 2.45 bits per heavy atom. The summed E-state index contributed by atoms with van der Waals surface area (Å²) < 4.78 is 0. The summed E-state index contributed by atoms with van der Waals surface area (Å²) in [5.41, 5.74) is 0. The summed E-state index contributed by atoms with van der Waals surface area (Å²) in [5.74, 6) is -0.784. The van der Waals surface area contributed by atoms with Gasteiger partial charge in [0.15, 0.2) is 0 Å². The van der Waals surface area contributed by atoms with Gasteiger partial charge in [0, 0.05) is 6.54 Å². The summed E-state index contributed by atoms with van der Waals surface area (Å²) >= 11 is 0. The molecule has 0 heterocycles. The number of aliphatic carboxylic acids is 1. The molecule has 64 valence electrons. The van der Waals surface area contributed by atoms with Crippen molar-refractivity contribution in [1.29, 1.82) is 0 Å². The highest BCUT2D eigenvalue weighted by Gasteiger charge is 2.13. The van der Waals surface area contributed by atoms with E-state index in [2.05, 4.69) is 11.9 Å². The van der Waals surface area contributed by atoms with Crippen molar-refractivity contribution in [1.82, 2.24) is 5.32 Å². The summed E-state index contributed by atoms with van der Waals surface area (Å²) in [6.07, 6.45) is 3.20. The lowest BCUT2D eigenvalue weighted by atomic mass is 10.2. The second-order valence-corrected chi connectivity index (χ2v) is 2.38. The standard InChI is InChI=1S/C8H15NO2/c1-3-5-7(8(10)11)9-6-4-2/h4,7,9H,2-3,5-6H2,1H3,(H,10,11). The molecule has 3 heteroatoms. The zero-order chi connectivity index (χ0) is 8.69. The normalized spacial score (nSPS) is 12.5. The third-order valence-corrected chi connectivity index (χ3v) is 1.38. The second kappa shape index (κ2) is 5.92. The molecule has 0 bridgehead atoms. The van der Waals surface area contributed by atoms with Crippen LogP contribution in [0.1, 0.15) is 19.8 Å². The molecule has 0 aliphatic carbocycles. The van der Waals surface area contributed by atoms with Gasteiger partial charge in [0.05, 0.1) is 0 Å². The van der Waals surface area contributed by atoms with Crippen LogP contribution in [0.5, 0.6) is 0 Å². The van der Waals surface area contributed by atoms with Gasteiger partial charge in [-0.1, -0.05) is 19.4 Å². The molecule has 0 aromatic rings. The SMILES string of the molecule is C=CCNC(CCC)C(=O)O. The van der Waals surface area contributed by atoms with Gasteiger partial charge in [0.1, 0.15) is 6.04 Å². The van der Waals surface area contributed by atoms with E-state index in [-0.39, 0.29) is 0 Å². The van der Waals surface area contributed by atoms with E-state index in [9.17, 15) is 4.79 Å². The van der Waals surface area contributed by atoms with E-state index < -0.39 is 12.0 Å². The average Bonchev–Trinajstić information content (AvgIpc) is 1.97. The minimum Gasteiger partial charge on any atom is -0.480 e. The number of carboxylic acid groups (broad SMARTS) is 1. The van der Waals surface area contributed by atoms with Crippen molar-refractivity contribution < 1.29 is 9.90 Å². The Hall–Kier alpha value is -0.830. The molecule has 2 N–H and O–H groups in total. The molecule has 11 heavy (non-hydrogen) atoms. The largest absolute Gasteiger partial charge is 0.480 e. The van der Waals surface area contributed by atoms with Crippen LogP contribution in [0.15, 0.2) is 12.7 Å². The highest BCUT2D eigenvalue weighted by Crippen LogP contribution is 1.95. The monoisotopic (exact) mass is 157 g/mol. The maximum absolute atomic E-state index is 10.5. The first-order valence-electron chi connectivity index (χ1n) is 3.79. The Morgan fingerprint density at radius 3 is 2.82 bits per heavy atom. The molecule has 0 amide bonds. The highest BCUT2D eigenvalue weighted by atomic mass is 16.4. The molecule has 1 atom stereocenters. The van der Waals surface area contributed by atoms with Gasteiger partial charge in [-0.3, -0.25) is 4.79 Å². The van der Waals surface area contributed by atoms with Gasteiger partial charge in [-0.25, -0.2) is 0 Å². The smallest absolute Gasteiger partial charge is 0.320 e. The molecule has 0 aliphatic heterocycles. The fourth-order valence-electron chi connectivity index (χ4n) is 0.827. The van der Waals surface area contributed by atoms with Gasteiger partial charge >= 0.3 is 5.97 Å². The van der Waals surface area contributed by atoms with E-state index >= 15 is 0 Å². The minimum absolute atomic E-state index is 0.419. The van der Waals surface area contributed by atoms with E-state index in [4.69, 9.17) is 5.11 Å². The van der Waals surface area contributed by atoms with Gasteiger partial charge in [-0.05, 0) is 6.42 Å². The molecule has 0 spiro atoms. The topological polar surface area (TPSA) is 49.3 Å². The van der Waals surface area contributed by atoms with Crippen molar-refractivity contribution in [3.63, 3.8) is 0 Å². The molecular weight excluding hydrogens is 142 g/mol.